The number of aromatic hydroxyl groups is 1. The number of phenols is 1. The van der Waals surface area contributed by atoms with E-state index in [2.05, 4.69) is 16.8 Å². The van der Waals surface area contributed by atoms with Gasteiger partial charge in [0.05, 0.1) is 25.2 Å². The van der Waals surface area contributed by atoms with Crippen LogP contribution in [0.3, 0.4) is 0 Å². The van der Waals surface area contributed by atoms with Crippen molar-refractivity contribution >= 4 is 5.84 Å². The number of nitrogens with two attached hydrogens (primary N) is 1. The summed E-state index contributed by atoms with van der Waals surface area (Å²) in [6.45, 7) is 3.44. The molecule has 1 unspecified atom stereocenters. The lowest BCUT2D eigenvalue weighted by Crippen LogP contribution is -2.42. The minimum atomic E-state index is -1.12. The first-order valence-electron chi connectivity index (χ1n) is 9.27. The van der Waals surface area contributed by atoms with Crippen molar-refractivity contribution in [2.45, 2.75) is 12.5 Å². The first kappa shape index (κ1) is 18.0. The first-order valence-corrected chi connectivity index (χ1v) is 9.27. The summed E-state index contributed by atoms with van der Waals surface area (Å²) in [5.74, 6) is 6.46. The number of hydrogen-bond donors (Lipinski definition) is 2. The molecule has 5 rings (SSSR count). The van der Waals surface area contributed by atoms with E-state index in [0.717, 1.165) is 0 Å². The highest BCUT2D eigenvalue weighted by atomic mass is 19.1. The van der Waals surface area contributed by atoms with Crippen LogP contribution >= 0.6 is 0 Å². The number of nitrogens with zero attached hydrogens (tertiary/aromatic N) is 1. The Labute approximate surface area is 167 Å². The van der Waals surface area contributed by atoms with Crippen LogP contribution in [0.15, 0.2) is 35.3 Å². The molecule has 3 N–H and O–H groups in total. The molecule has 1 saturated heterocycles. The van der Waals surface area contributed by atoms with Gasteiger partial charge in [-0.2, -0.15) is 0 Å². The fourth-order valence-corrected chi connectivity index (χ4v) is 3.85. The zero-order valence-electron chi connectivity index (χ0n) is 15.8. The molecule has 0 aromatic heterocycles. The minimum absolute atomic E-state index is 0.0452. The van der Waals surface area contributed by atoms with Crippen LogP contribution in [0.5, 0.6) is 17.2 Å². The van der Waals surface area contributed by atoms with Gasteiger partial charge in [-0.1, -0.05) is 11.8 Å². The fourth-order valence-electron chi connectivity index (χ4n) is 3.85. The van der Waals surface area contributed by atoms with Crippen molar-refractivity contribution in [2.75, 3.05) is 26.4 Å². The van der Waals surface area contributed by atoms with Crippen LogP contribution in [0, 0.1) is 23.1 Å². The topological polar surface area (TPSA) is 86.3 Å². The summed E-state index contributed by atoms with van der Waals surface area (Å²) in [6.07, 6.45) is 0. The van der Waals surface area contributed by atoms with E-state index >= 15 is 4.39 Å². The largest absolute Gasteiger partial charge is 0.508 e. The second-order valence-electron chi connectivity index (χ2n) is 7.88. The monoisotopic (exact) mass is 394 g/mol. The standard InChI is InChI=1S/C22H19FN2O4/c1-21(10-28-11-21)5-4-13-6-16-20(17(23)7-13)29-18-3-2-14(26)8-15(18)22(16)12-27-9-19(24)25-22/h2-3,6-8,26H,9-12H2,1H3,(H2,24,25). The number of phenolic OH excluding ortho intramolecular Hbond substituents is 1. The van der Waals surface area contributed by atoms with E-state index in [9.17, 15) is 5.11 Å². The van der Waals surface area contributed by atoms with Gasteiger partial charge in [-0.3, -0.25) is 4.99 Å². The SMILES string of the molecule is CC1(C#Cc2cc(F)c3c(c2)C2(COCC(N)=N2)c2cc(O)ccc2O3)COC1. The highest BCUT2D eigenvalue weighted by molar-refractivity contribution is 5.84. The molecule has 148 valence electrons. The third kappa shape index (κ3) is 2.84. The number of fused-ring (bicyclic) bond motifs is 4. The Balaban J connectivity index is 1.72. The lowest BCUT2D eigenvalue weighted by Gasteiger charge is -2.39. The molecule has 0 bridgehead atoms. The van der Waals surface area contributed by atoms with Gasteiger partial charge >= 0.3 is 0 Å². The lowest BCUT2D eigenvalue weighted by molar-refractivity contribution is -0.0648. The maximum Gasteiger partial charge on any atom is 0.169 e. The normalized spacial score (nSPS) is 23.6. The van der Waals surface area contributed by atoms with Crippen LogP contribution in [0.2, 0.25) is 0 Å². The third-order valence-electron chi connectivity index (χ3n) is 5.36. The molecule has 7 heteroatoms. The molecule has 0 aliphatic carbocycles. The average molecular weight is 394 g/mol. The van der Waals surface area contributed by atoms with E-state index in [0.29, 0.717) is 35.7 Å². The highest BCUT2D eigenvalue weighted by Gasteiger charge is 2.46. The Kier molecular flexibility index (Phi) is 3.85. The number of benzene rings is 2. The molecule has 0 saturated carbocycles. The van der Waals surface area contributed by atoms with Gasteiger partial charge in [0, 0.05) is 16.7 Å². The molecule has 0 radical (unpaired) electrons. The fraction of sp³-hybridized carbons (Fsp3) is 0.318. The summed E-state index contributed by atoms with van der Waals surface area (Å²) in [4.78, 5) is 4.66. The summed E-state index contributed by atoms with van der Waals surface area (Å²) in [5.41, 5.74) is 6.19. The average Bonchev–Trinajstić information content (AvgIpc) is 2.67. The van der Waals surface area contributed by atoms with Gasteiger partial charge in [-0.25, -0.2) is 4.39 Å². The maximum atomic E-state index is 15.1. The zero-order chi connectivity index (χ0) is 20.2. The van der Waals surface area contributed by atoms with Gasteiger partial charge in [0.25, 0.3) is 0 Å². The van der Waals surface area contributed by atoms with E-state index in [1.54, 1.807) is 18.2 Å². The predicted molar refractivity (Wildman–Crippen MR) is 104 cm³/mol. The Morgan fingerprint density at radius 1 is 1.14 bits per heavy atom. The van der Waals surface area contributed by atoms with Crippen LogP contribution in [-0.2, 0) is 15.0 Å². The molecular weight excluding hydrogens is 375 g/mol. The molecule has 3 aliphatic rings. The Hall–Kier alpha value is -3.08. The molecule has 2 aromatic carbocycles. The maximum absolute atomic E-state index is 15.1. The first-order chi connectivity index (χ1) is 13.9. The van der Waals surface area contributed by atoms with Gasteiger partial charge in [0.15, 0.2) is 11.6 Å². The van der Waals surface area contributed by atoms with Crippen molar-refractivity contribution in [3.05, 3.63) is 52.8 Å². The Bertz CT molecular complexity index is 1110. The molecule has 1 atom stereocenters. The molecule has 1 fully saturated rings. The van der Waals surface area contributed by atoms with Crippen molar-refractivity contribution in [3.8, 4) is 29.1 Å². The van der Waals surface area contributed by atoms with E-state index in [4.69, 9.17) is 19.9 Å². The van der Waals surface area contributed by atoms with Crippen molar-refractivity contribution in [3.63, 3.8) is 0 Å². The second-order valence-corrected chi connectivity index (χ2v) is 7.88. The van der Waals surface area contributed by atoms with Crippen molar-refractivity contribution < 1.29 is 23.7 Å². The summed E-state index contributed by atoms with van der Waals surface area (Å²) >= 11 is 0. The van der Waals surface area contributed by atoms with Gasteiger partial charge < -0.3 is 25.1 Å². The summed E-state index contributed by atoms with van der Waals surface area (Å²) in [5, 5.41) is 10.0. The molecular formula is C22H19FN2O4. The van der Waals surface area contributed by atoms with E-state index in [1.807, 2.05) is 6.92 Å². The van der Waals surface area contributed by atoms with Gasteiger partial charge in [-0.15, -0.1) is 0 Å². The number of hydrogen-bond acceptors (Lipinski definition) is 6. The molecule has 3 aliphatic heterocycles. The van der Waals surface area contributed by atoms with E-state index in [1.165, 1.54) is 12.1 Å². The van der Waals surface area contributed by atoms with Gasteiger partial charge in [-0.05, 0) is 37.3 Å². The predicted octanol–water partition coefficient (Wildman–Crippen LogP) is 2.66. The molecule has 2 aromatic rings. The van der Waals surface area contributed by atoms with Gasteiger partial charge in [0.2, 0.25) is 0 Å². The van der Waals surface area contributed by atoms with Crippen molar-refractivity contribution in [1.82, 2.24) is 0 Å². The van der Waals surface area contributed by atoms with Crippen LogP contribution in [0.25, 0.3) is 0 Å². The van der Waals surface area contributed by atoms with Crippen molar-refractivity contribution in [1.29, 1.82) is 0 Å². The van der Waals surface area contributed by atoms with Crippen LogP contribution in [-0.4, -0.2) is 37.4 Å². The number of ether oxygens (including phenoxy) is 3. The smallest absolute Gasteiger partial charge is 0.169 e. The van der Waals surface area contributed by atoms with Gasteiger partial charge in [0.1, 0.15) is 29.5 Å². The molecule has 3 heterocycles. The Morgan fingerprint density at radius 3 is 2.69 bits per heavy atom. The number of rotatable bonds is 0. The van der Waals surface area contributed by atoms with Crippen LogP contribution in [0.4, 0.5) is 4.39 Å². The summed E-state index contributed by atoms with van der Waals surface area (Å²) < 4.78 is 31.8. The summed E-state index contributed by atoms with van der Waals surface area (Å²) in [7, 11) is 0. The second kappa shape index (κ2) is 6.21. The minimum Gasteiger partial charge on any atom is -0.508 e. The molecule has 0 amide bonds. The molecule has 1 spiro atoms. The van der Waals surface area contributed by atoms with E-state index < -0.39 is 11.4 Å². The molecule has 6 nitrogen and oxygen atoms in total. The van der Waals surface area contributed by atoms with Crippen molar-refractivity contribution in [2.24, 2.45) is 16.1 Å². The van der Waals surface area contributed by atoms with Crippen LogP contribution in [0.1, 0.15) is 23.6 Å². The number of aliphatic imine (C=N–C) groups is 1. The lowest BCUT2D eigenvalue weighted by atomic mass is 9.79. The zero-order valence-corrected chi connectivity index (χ0v) is 15.8. The summed E-state index contributed by atoms with van der Waals surface area (Å²) in [6, 6.07) is 7.72. The van der Waals surface area contributed by atoms with E-state index in [-0.39, 0.29) is 36.0 Å². The Morgan fingerprint density at radius 2 is 1.97 bits per heavy atom. The number of halogens is 1. The van der Waals surface area contributed by atoms with Crippen LogP contribution < -0.4 is 10.5 Å². The third-order valence-corrected chi connectivity index (χ3v) is 5.36. The molecule has 29 heavy (non-hydrogen) atoms. The highest BCUT2D eigenvalue weighted by Crippen LogP contribution is 2.52. The quantitative estimate of drug-likeness (QED) is 0.671. The number of amidine groups is 1.